The second-order valence-electron chi connectivity index (χ2n) is 7.41. The van der Waals surface area contributed by atoms with Gasteiger partial charge in [0.05, 0.1) is 5.56 Å². The van der Waals surface area contributed by atoms with Crippen LogP contribution in [0.2, 0.25) is 0 Å². The Kier molecular flexibility index (Phi) is 5.00. The number of para-hydroxylation sites is 1. The molecule has 1 fully saturated rings. The van der Waals surface area contributed by atoms with E-state index in [0.717, 1.165) is 34.2 Å². The first-order valence-electron chi connectivity index (χ1n) is 9.59. The summed E-state index contributed by atoms with van der Waals surface area (Å²) in [6, 6.07) is 7.48. The monoisotopic (exact) mass is 410 g/mol. The first kappa shape index (κ1) is 19.4. The molecular formula is C22H22N2O4S. The Morgan fingerprint density at radius 3 is 2.66 bits per heavy atom. The predicted molar refractivity (Wildman–Crippen MR) is 113 cm³/mol. The zero-order chi connectivity index (χ0) is 20.7. The third-order valence-electron chi connectivity index (χ3n) is 5.28. The number of nitrogens with one attached hydrogen (secondary N) is 2. The van der Waals surface area contributed by atoms with E-state index in [1.807, 2.05) is 38.1 Å². The van der Waals surface area contributed by atoms with Crippen LogP contribution in [0.25, 0.3) is 10.9 Å². The maximum atomic E-state index is 12.9. The van der Waals surface area contributed by atoms with Crippen LogP contribution in [-0.2, 0) is 9.53 Å². The van der Waals surface area contributed by atoms with Crippen molar-refractivity contribution in [3.05, 3.63) is 52.0 Å². The number of esters is 1. The van der Waals surface area contributed by atoms with E-state index in [9.17, 15) is 14.4 Å². The van der Waals surface area contributed by atoms with Gasteiger partial charge in [0.15, 0.2) is 6.10 Å². The third-order valence-corrected chi connectivity index (χ3v) is 6.40. The fourth-order valence-electron chi connectivity index (χ4n) is 3.29. The molecule has 1 atom stereocenters. The van der Waals surface area contributed by atoms with Crippen molar-refractivity contribution in [1.29, 1.82) is 0 Å². The molecular weight excluding hydrogens is 388 g/mol. The maximum absolute atomic E-state index is 12.9. The van der Waals surface area contributed by atoms with E-state index in [1.165, 1.54) is 11.3 Å². The fourth-order valence-corrected chi connectivity index (χ4v) is 4.34. The Morgan fingerprint density at radius 2 is 1.93 bits per heavy atom. The normalized spacial score (nSPS) is 14.6. The number of benzene rings is 1. The summed E-state index contributed by atoms with van der Waals surface area (Å²) in [6.07, 6.45) is 2.45. The number of H-pyrrole nitrogens is 1. The first-order chi connectivity index (χ1) is 13.9. The van der Waals surface area contributed by atoms with E-state index < -0.39 is 12.1 Å². The molecule has 0 saturated heterocycles. The molecule has 2 aromatic heterocycles. The average Bonchev–Trinajstić information content (AvgIpc) is 3.40. The fraction of sp³-hybridized carbons (Fsp3) is 0.318. The van der Waals surface area contributed by atoms with Crippen LogP contribution >= 0.6 is 11.3 Å². The van der Waals surface area contributed by atoms with Gasteiger partial charge in [-0.25, -0.2) is 4.79 Å². The van der Waals surface area contributed by atoms with Crippen LogP contribution in [0.4, 0.5) is 5.00 Å². The lowest BCUT2D eigenvalue weighted by atomic mass is 10.1. The molecule has 1 saturated carbocycles. The molecule has 1 aliphatic rings. The number of Topliss-reactive ketones (excluding diaryl/α,β-unsaturated/α-hetero) is 1. The number of hydrogen-bond donors (Lipinski definition) is 2. The number of aryl methyl sites for hydroxylation is 1. The van der Waals surface area contributed by atoms with E-state index in [-0.39, 0.29) is 17.6 Å². The van der Waals surface area contributed by atoms with Crippen LogP contribution in [0.3, 0.4) is 0 Å². The van der Waals surface area contributed by atoms with Crippen LogP contribution in [0, 0.1) is 19.8 Å². The lowest BCUT2D eigenvalue weighted by molar-refractivity contribution is -0.117. The molecule has 0 spiro atoms. The topological polar surface area (TPSA) is 88.3 Å². The summed E-state index contributed by atoms with van der Waals surface area (Å²) in [6.45, 7) is 5.28. The number of thiophene rings is 1. The Hall–Kier alpha value is -2.93. The van der Waals surface area contributed by atoms with Gasteiger partial charge in [0.2, 0.25) is 11.7 Å². The number of rotatable bonds is 6. The summed E-state index contributed by atoms with van der Waals surface area (Å²) >= 11 is 1.36. The molecule has 1 aliphatic carbocycles. The lowest BCUT2D eigenvalue weighted by Crippen LogP contribution is -2.25. The molecule has 2 N–H and O–H groups in total. The summed E-state index contributed by atoms with van der Waals surface area (Å²) in [5, 5.41) is 4.14. The average molecular weight is 410 g/mol. The van der Waals surface area contributed by atoms with Gasteiger partial charge < -0.3 is 15.0 Å². The van der Waals surface area contributed by atoms with Gasteiger partial charge in [-0.2, -0.15) is 0 Å². The van der Waals surface area contributed by atoms with E-state index in [2.05, 4.69) is 10.3 Å². The number of carbonyl (C=O) groups excluding carboxylic acids is 3. The number of ether oxygens (including phenoxy) is 1. The molecule has 1 unspecified atom stereocenters. The number of aromatic nitrogens is 1. The summed E-state index contributed by atoms with van der Waals surface area (Å²) in [5.74, 6) is -0.908. The minimum atomic E-state index is -0.951. The smallest absolute Gasteiger partial charge is 0.342 e. The van der Waals surface area contributed by atoms with Crippen molar-refractivity contribution < 1.29 is 19.1 Å². The van der Waals surface area contributed by atoms with Gasteiger partial charge in [-0.3, -0.25) is 9.59 Å². The van der Waals surface area contributed by atoms with E-state index in [1.54, 1.807) is 13.1 Å². The van der Waals surface area contributed by atoms with Crippen molar-refractivity contribution in [3.8, 4) is 0 Å². The summed E-state index contributed by atoms with van der Waals surface area (Å²) in [7, 11) is 0. The standard InChI is InChI=1S/C22H22N2O4S/c1-11-13(3)29-21(24-20(26)14-8-9-14)18(11)22(27)28-12(2)19(25)16-10-23-17-7-5-4-6-15(16)17/h4-7,10,12,14,23H,8-9H2,1-3H3,(H,24,26). The van der Waals surface area contributed by atoms with Crippen LogP contribution in [-0.4, -0.2) is 28.7 Å². The van der Waals surface area contributed by atoms with E-state index >= 15 is 0 Å². The minimum absolute atomic E-state index is 0.0314. The van der Waals surface area contributed by atoms with Crippen LogP contribution in [0.5, 0.6) is 0 Å². The molecule has 4 rings (SSSR count). The van der Waals surface area contributed by atoms with Gasteiger partial charge in [-0.15, -0.1) is 11.3 Å². The van der Waals surface area contributed by atoms with Crippen LogP contribution < -0.4 is 5.32 Å². The number of amides is 1. The highest BCUT2D eigenvalue weighted by molar-refractivity contribution is 7.16. The zero-order valence-electron chi connectivity index (χ0n) is 16.5. The number of aromatic amines is 1. The second-order valence-corrected chi connectivity index (χ2v) is 8.64. The molecule has 150 valence electrons. The Morgan fingerprint density at radius 1 is 1.21 bits per heavy atom. The summed E-state index contributed by atoms with van der Waals surface area (Å²) in [4.78, 5) is 41.9. The van der Waals surface area contributed by atoms with Gasteiger partial charge in [0.1, 0.15) is 5.00 Å². The largest absolute Gasteiger partial charge is 0.451 e. The number of fused-ring (bicyclic) bond motifs is 1. The molecule has 0 radical (unpaired) electrons. The minimum Gasteiger partial charge on any atom is -0.451 e. The van der Waals surface area contributed by atoms with Gasteiger partial charge in [0.25, 0.3) is 0 Å². The molecule has 2 heterocycles. The van der Waals surface area contributed by atoms with Gasteiger partial charge in [0, 0.05) is 33.5 Å². The number of hydrogen-bond acceptors (Lipinski definition) is 5. The van der Waals surface area contributed by atoms with Crippen LogP contribution in [0.15, 0.2) is 30.5 Å². The van der Waals surface area contributed by atoms with Gasteiger partial charge in [-0.05, 0) is 45.2 Å². The highest BCUT2D eigenvalue weighted by Gasteiger charge is 2.32. The van der Waals surface area contributed by atoms with Crippen molar-refractivity contribution >= 4 is 44.9 Å². The molecule has 3 aromatic rings. The molecule has 6 nitrogen and oxygen atoms in total. The van der Waals surface area contributed by atoms with Gasteiger partial charge in [-0.1, -0.05) is 18.2 Å². The SMILES string of the molecule is Cc1sc(NC(=O)C2CC2)c(C(=O)OC(C)C(=O)c2c[nH]c3ccccc23)c1C. The Labute approximate surface area is 172 Å². The lowest BCUT2D eigenvalue weighted by Gasteiger charge is -2.13. The summed E-state index contributed by atoms with van der Waals surface area (Å²) < 4.78 is 5.52. The van der Waals surface area contributed by atoms with E-state index in [0.29, 0.717) is 16.1 Å². The molecule has 1 amide bonds. The quantitative estimate of drug-likeness (QED) is 0.458. The molecule has 7 heteroatoms. The second kappa shape index (κ2) is 7.48. The maximum Gasteiger partial charge on any atom is 0.342 e. The van der Waals surface area contributed by atoms with Crippen molar-refractivity contribution in [3.63, 3.8) is 0 Å². The van der Waals surface area contributed by atoms with Crippen molar-refractivity contribution in [2.45, 2.75) is 39.7 Å². The van der Waals surface area contributed by atoms with E-state index in [4.69, 9.17) is 4.74 Å². The zero-order valence-corrected chi connectivity index (χ0v) is 17.3. The van der Waals surface area contributed by atoms with Crippen molar-refractivity contribution in [1.82, 2.24) is 4.98 Å². The Balaban J connectivity index is 1.54. The third kappa shape index (κ3) is 3.70. The Bertz CT molecular complexity index is 1120. The van der Waals surface area contributed by atoms with Crippen molar-refractivity contribution in [2.24, 2.45) is 5.92 Å². The first-order valence-corrected chi connectivity index (χ1v) is 10.4. The molecule has 0 aliphatic heterocycles. The number of carbonyl (C=O) groups is 3. The van der Waals surface area contributed by atoms with Gasteiger partial charge >= 0.3 is 5.97 Å². The molecule has 1 aromatic carbocycles. The number of ketones is 1. The molecule has 29 heavy (non-hydrogen) atoms. The van der Waals surface area contributed by atoms with Crippen molar-refractivity contribution in [2.75, 3.05) is 5.32 Å². The van der Waals surface area contributed by atoms with Crippen LogP contribution in [0.1, 0.15) is 50.9 Å². The highest BCUT2D eigenvalue weighted by atomic mass is 32.1. The summed E-state index contributed by atoms with van der Waals surface area (Å²) in [5.41, 5.74) is 2.43. The highest BCUT2D eigenvalue weighted by Crippen LogP contribution is 2.36. The number of anilines is 1. The molecule has 0 bridgehead atoms. The predicted octanol–water partition coefficient (Wildman–Crippen LogP) is 4.62.